The standard InChI is InChI=1S/C15H21N3O5/c1-9-11(7-6-8-12(9)18(21)22)17-13(19)10(2)16-14(20)23-15(3,4)5/h6-8,10H,1-5H3,(H,16,20)(H,17,19)/t10-/m1/s1. The van der Waals surface area contributed by atoms with E-state index in [9.17, 15) is 19.7 Å². The van der Waals surface area contributed by atoms with Crippen molar-refractivity contribution in [3.8, 4) is 0 Å². The third-order valence-electron chi connectivity index (χ3n) is 2.89. The maximum absolute atomic E-state index is 12.1. The molecule has 0 saturated carbocycles. The van der Waals surface area contributed by atoms with Gasteiger partial charge in [-0.05, 0) is 40.7 Å². The minimum atomic E-state index is -0.858. The van der Waals surface area contributed by atoms with E-state index in [1.54, 1.807) is 33.8 Å². The van der Waals surface area contributed by atoms with E-state index in [2.05, 4.69) is 10.6 Å². The topological polar surface area (TPSA) is 111 Å². The maximum Gasteiger partial charge on any atom is 0.408 e. The minimum Gasteiger partial charge on any atom is -0.444 e. The highest BCUT2D eigenvalue weighted by Gasteiger charge is 2.22. The lowest BCUT2D eigenvalue weighted by Gasteiger charge is -2.21. The van der Waals surface area contributed by atoms with Crippen LogP contribution in [0.15, 0.2) is 18.2 Å². The van der Waals surface area contributed by atoms with Gasteiger partial charge in [0.2, 0.25) is 5.91 Å². The first-order chi connectivity index (χ1) is 10.5. The number of amides is 2. The Morgan fingerprint density at radius 3 is 2.43 bits per heavy atom. The van der Waals surface area contributed by atoms with Gasteiger partial charge in [0.1, 0.15) is 11.6 Å². The van der Waals surface area contributed by atoms with Crippen LogP contribution in [0, 0.1) is 17.0 Å². The molecular formula is C15H21N3O5. The Hall–Kier alpha value is -2.64. The number of benzene rings is 1. The molecule has 0 unspecified atom stereocenters. The number of nitro groups is 1. The molecule has 0 aliphatic rings. The van der Waals surface area contributed by atoms with Crippen LogP contribution in [0.4, 0.5) is 16.2 Å². The molecule has 126 valence electrons. The average Bonchev–Trinajstić information content (AvgIpc) is 2.38. The molecule has 1 aromatic rings. The van der Waals surface area contributed by atoms with Crippen LogP contribution in [0.1, 0.15) is 33.3 Å². The molecular weight excluding hydrogens is 302 g/mol. The van der Waals surface area contributed by atoms with Gasteiger partial charge in [0.25, 0.3) is 5.69 Å². The zero-order valence-electron chi connectivity index (χ0n) is 13.8. The highest BCUT2D eigenvalue weighted by atomic mass is 16.6. The fourth-order valence-electron chi connectivity index (χ4n) is 1.75. The summed E-state index contributed by atoms with van der Waals surface area (Å²) in [6, 6.07) is 3.53. The number of hydrogen-bond acceptors (Lipinski definition) is 5. The monoisotopic (exact) mass is 323 g/mol. The highest BCUT2D eigenvalue weighted by Crippen LogP contribution is 2.25. The molecule has 0 heterocycles. The molecule has 1 atom stereocenters. The van der Waals surface area contributed by atoms with Crippen LogP contribution in [0.25, 0.3) is 0 Å². The van der Waals surface area contributed by atoms with Gasteiger partial charge in [-0.25, -0.2) is 4.79 Å². The van der Waals surface area contributed by atoms with Crippen molar-refractivity contribution in [3.63, 3.8) is 0 Å². The Labute approximate surface area is 134 Å². The quantitative estimate of drug-likeness (QED) is 0.654. The Morgan fingerprint density at radius 2 is 1.91 bits per heavy atom. The largest absolute Gasteiger partial charge is 0.444 e. The molecule has 1 aromatic carbocycles. The van der Waals surface area contributed by atoms with Crippen molar-refractivity contribution in [2.45, 2.75) is 46.3 Å². The number of carbonyl (C=O) groups is 2. The number of alkyl carbamates (subject to hydrolysis) is 1. The predicted molar refractivity (Wildman–Crippen MR) is 85.3 cm³/mol. The molecule has 8 nitrogen and oxygen atoms in total. The molecule has 2 N–H and O–H groups in total. The molecule has 0 aromatic heterocycles. The maximum atomic E-state index is 12.1. The lowest BCUT2D eigenvalue weighted by Crippen LogP contribution is -2.44. The summed E-state index contributed by atoms with van der Waals surface area (Å²) in [5.74, 6) is -0.501. The first-order valence-electron chi connectivity index (χ1n) is 7.05. The number of nitrogens with one attached hydrogen (secondary N) is 2. The highest BCUT2D eigenvalue weighted by molar-refractivity contribution is 5.97. The number of rotatable bonds is 4. The molecule has 0 aliphatic heterocycles. The number of nitro benzene ring substituents is 1. The van der Waals surface area contributed by atoms with Crippen LogP contribution in [0.2, 0.25) is 0 Å². The molecule has 0 radical (unpaired) electrons. The second kappa shape index (κ2) is 7.08. The molecule has 0 bridgehead atoms. The van der Waals surface area contributed by atoms with Crippen molar-refractivity contribution in [1.29, 1.82) is 0 Å². The van der Waals surface area contributed by atoms with Crippen LogP contribution in [0.5, 0.6) is 0 Å². The van der Waals surface area contributed by atoms with E-state index in [0.29, 0.717) is 11.3 Å². The van der Waals surface area contributed by atoms with Crippen molar-refractivity contribution in [3.05, 3.63) is 33.9 Å². The van der Waals surface area contributed by atoms with E-state index in [1.165, 1.54) is 19.1 Å². The summed E-state index contributed by atoms with van der Waals surface area (Å²) in [4.78, 5) is 34.1. The van der Waals surface area contributed by atoms with E-state index >= 15 is 0 Å². The van der Waals surface area contributed by atoms with Crippen molar-refractivity contribution in [1.82, 2.24) is 5.32 Å². The number of hydrogen-bond donors (Lipinski definition) is 2. The summed E-state index contributed by atoms with van der Waals surface area (Å²) < 4.78 is 5.06. The molecule has 23 heavy (non-hydrogen) atoms. The van der Waals surface area contributed by atoms with Gasteiger partial charge < -0.3 is 15.4 Å². The molecule has 8 heteroatoms. The van der Waals surface area contributed by atoms with Gasteiger partial charge in [-0.3, -0.25) is 14.9 Å². The Balaban J connectivity index is 2.75. The Bertz CT molecular complexity index is 622. The second-order valence-electron chi connectivity index (χ2n) is 6.06. The number of anilines is 1. The lowest BCUT2D eigenvalue weighted by molar-refractivity contribution is -0.385. The van der Waals surface area contributed by atoms with Crippen molar-refractivity contribution in [2.24, 2.45) is 0 Å². The zero-order valence-corrected chi connectivity index (χ0v) is 13.8. The molecule has 0 saturated heterocycles. The van der Waals surface area contributed by atoms with Gasteiger partial charge in [-0.2, -0.15) is 0 Å². The van der Waals surface area contributed by atoms with Gasteiger partial charge >= 0.3 is 6.09 Å². The summed E-state index contributed by atoms with van der Waals surface area (Å²) in [5.41, 5.74) is -0.0930. The van der Waals surface area contributed by atoms with Gasteiger partial charge in [0, 0.05) is 6.07 Å². The summed E-state index contributed by atoms with van der Waals surface area (Å²) in [5, 5.41) is 15.9. The minimum absolute atomic E-state index is 0.0874. The van der Waals surface area contributed by atoms with Crippen LogP contribution < -0.4 is 10.6 Å². The molecule has 2 amide bonds. The van der Waals surface area contributed by atoms with Crippen molar-refractivity contribution < 1.29 is 19.2 Å². The van der Waals surface area contributed by atoms with E-state index in [0.717, 1.165) is 0 Å². The molecule has 1 rings (SSSR count). The summed E-state index contributed by atoms with van der Waals surface area (Å²) in [6.45, 7) is 8.17. The SMILES string of the molecule is Cc1c(NC(=O)[C@@H](C)NC(=O)OC(C)(C)C)cccc1[N+](=O)[O-]. The number of nitrogens with zero attached hydrogens (tertiary/aromatic N) is 1. The summed E-state index contributed by atoms with van der Waals surface area (Å²) in [6.07, 6.45) is -0.712. The van der Waals surface area contributed by atoms with Crippen LogP contribution >= 0.6 is 0 Å². The fourth-order valence-corrected chi connectivity index (χ4v) is 1.75. The Kier molecular flexibility index (Phi) is 5.67. The van der Waals surface area contributed by atoms with E-state index in [4.69, 9.17) is 4.74 Å². The summed E-state index contributed by atoms with van der Waals surface area (Å²) in [7, 11) is 0. The molecule has 0 aliphatic carbocycles. The van der Waals surface area contributed by atoms with E-state index in [-0.39, 0.29) is 5.69 Å². The van der Waals surface area contributed by atoms with E-state index in [1.807, 2.05) is 0 Å². The van der Waals surface area contributed by atoms with Crippen molar-refractivity contribution in [2.75, 3.05) is 5.32 Å². The zero-order chi connectivity index (χ0) is 17.8. The Morgan fingerprint density at radius 1 is 1.30 bits per heavy atom. The van der Waals surface area contributed by atoms with Crippen LogP contribution in [0.3, 0.4) is 0 Å². The van der Waals surface area contributed by atoms with Crippen LogP contribution in [-0.2, 0) is 9.53 Å². The number of carbonyl (C=O) groups excluding carboxylic acids is 2. The number of ether oxygens (including phenoxy) is 1. The van der Waals surface area contributed by atoms with Gasteiger partial charge in [0.15, 0.2) is 0 Å². The van der Waals surface area contributed by atoms with Crippen molar-refractivity contribution >= 4 is 23.4 Å². The van der Waals surface area contributed by atoms with Crippen LogP contribution in [-0.4, -0.2) is 28.6 Å². The third-order valence-corrected chi connectivity index (χ3v) is 2.89. The van der Waals surface area contributed by atoms with Gasteiger partial charge in [-0.15, -0.1) is 0 Å². The molecule has 0 fully saturated rings. The first-order valence-corrected chi connectivity index (χ1v) is 7.05. The first kappa shape index (κ1) is 18.4. The van der Waals surface area contributed by atoms with Gasteiger partial charge in [-0.1, -0.05) is 6.07 Å². The summed E-state index contributed by atoms with van der Waals surface area (Å²) >= 11 is 0. The fraction of sp³-hybridized carbons (Fsp3) is 0.467. The lowest BCUT2D eigenvalue weighted by atomic mass is 10.1. The predicted octanol–water partition coefficient (Wildman–Crippen LogP) is 2.75. The van der Waals surface area contributed by atoms with Gasteiger partial charge in [0.05, 0.1) is 16.2 Å². The second-order valence-corrected chi connectivity index (χ2v) is 6.06. The average molecular weight is 323 g/mol. The third kappa shape index (κ3) is 5.57. The normalized spacial score (nSPS) is 12.2. The van der Waals surface area contributed by atoms with E-state index < -0.39 is 28.6 Å². The smallest absolute Gasteiger partial charge is 0.408 e. The molecule has 0 spiro atoms.